The first-order chi connectivity index (χ1) is 5.55. The zero-order valence-electron chi connectivity index (χ0n) is 6.98. The third-order valence-corrected chi connectivity index (χ3v) is 2.86. The van der Waals surface area contributed by atoms with Gasteiger partial charge >= 0.3 is 0 Å². The Bertz CT molecular complexity index is 355. The molecule has 0 fully saturated rings. The maximum atomic E-state index is 11.1. The molecule has 1 aromatic rings. The van der Waals surface area contributed by atoms with Crippen molar-refractivity contribution in [1.29, 1.82) is 0 Å². The van der Waals surface area contributed by atoms with Crippen LogP contribution < -0.4 is 4.72 Å². The molecule has 1 aromatic heterocycles. The minimum Gasteiger partial charge on any atom is -0.337 e. The van der Waals surface area contributed by atoms with Crippen LogP contribution in [-0.2, 0) is 22.8 Å². The lowest BCUT2D eigenvalue weighted by Crippen LogP contribution is -2.21. The molecule has 0 radical (unpaired) electrons. The topological polar surface area (TPSA) is 64.0 Å². The second-order valence-corrected chi connectivity index (χ2v) is 4.39. The Labute approximate surface area is 71.5 Å². The maximum absolute atomic E-state index is 11.1. The van der Waals surface area contributed by atoms with Crippen molar-refractivity contribution in [2.24, 2.45) is 7.05 Å². The van der Waals surface area contributed by atoms with Gasteiger partial charge in [-0.3, -0.25) is 0 Å². The van der Waals surface area contributed by atoms with Crippen LogP contribution in [0.25, 0.3) is 0 Å². The summed E-state index contributed by atoms with van der Waals surface area (Å²) in [7, 11) is -0.0238. The van der Waals surface area contributed by atoms with Crippen molar-refractivity contribution in [2.75, 3.05) is 7.05 Å². The molecule has 0 saturated heterocycles. The second kappa shape index (κ2) is 3.24. The summed E-state index contributed by atoms with van der Waals surface area (Å²) in [5.41, 5.74) is 0.671. The Hall–Kier alpha value is -0.880. The van der Waals surface area contributed by atoms with E-state index in [2.05, 4.69) is 9.71 Å². The van der Waals surface area contributed by atoms with E-state index < -0.39 is 10.0 Å². The van der Waals surface area contributed by atoms with Gasteiger partial charge in [0, 0.05) is 13.2 Å². The number of aromatic nitrogens is 2. The highest BCUT2D eigenvalue weighted by molar-refractivity contribution is 7.88. The summed E-state index contributed by atoms with van der Waals surface area (Å²) in [4.78, 5) is 3.81. The average Bonchev–Trinajstić information content (AvgIpc) is 2.36. The van der Waals surface area contributed by atoms with Crippen molar-refractivity contribution >= 4 is 10.0 Å². The molecule has 0 amide bonds. The van der Waals surface area contributed by atoms with Gasteiger partial charge in [-0.15, -0.1) is 0 Å². The number of nitrogens with one attached hydrogen (secondary N) is 1. The summed E-state index contributed by atoms with van der Waals surface area (Å²) < 4.78 is 26.0. The van der Waals surface area contributed by atoms with E-state index >= 15 is 0 Å². The SMILES string of the molecule is CNS(=O)(=O)Cc1cncn1C. The van der Waals surface area contributed by atoms with Crippen LogP contribution in [0, 0.1) is 0 Å². The molecule has 5 nitrogen and oxygen atoms in total. The number of imidazole rings is 1. The second-order valence-electron chi connectivity index (χ2n) is 2.46. The number of aryl methyl sites for hydroxylation is 1. The molecule has 1 rings (SSSR count). The van der Waals surface area contributed by atoms with Gasteiger partial charge in [0.1, 0.15) is 5.75 Å². The summed E-state index contributed by atoms with van der Waals surface area (Å²) in [5, 5.41) is 0. The molecule has 0 atom stereocenters. The Balaban J connectivity index is 2.84. The smallest absolute Gasteiger partial charge is 0.217 e. The highest BCUT2D eigenvalue weighted by Crippen LogP contribution is 2.01. The van der Waals surface area contributed by atoms with Crippen molar-refractivity contribution in [3.63, 3.8) is 0 Å². The van der Waals surface area contributed by atoms with Crippen LogP contribution in [0.15, 0.2) is 12.5 Å². The van der Waals surface area contributed by atoms with Gasteiger partial charge < -0.3 is 4.57 Å². The summed E-state index contributed by atoms with van der Waals surface area (Å²) in [5.74, 6) is -0.0278. The quantitative estimate of drug-likeness (QED) is 0.695. The molecule has 0 bridgehead atoms. The standard InChI is InChI=1S/C6H11N3O2S/c1-7-12(10,11)4-6-3-8-5-9(6)2/h3,5,7H,4H2,1-2H3. The first-order valence-corrected chi connectivity index (χ1v) is 5.07. The number of sulfonamides is 1. The van der Waals surface area contributed by atoms with E-state index in [9.17, 15) is 8.42 Å². The fraction of sp³-hybridized carbons (Fsp3) is 0.500. The first-order valence-electron chi connectivity index (χ1n) is 3.41. The fourth-order valence-corrected chi connectivity index (χ4v) is 1.60. The van der Waals surface area contributed by atoms with E-state index in [0.29, 0.717) is 5.69 Å². The van der Waals surface area contributed by atoms with Crippen molar-refractivity contribution < 1.29 is 8.42 Å². The summed E-state index contributed by atoms with van der Waals surface area (Å²) in [6, 6.07) is 0. The van der Waals surface area contributed by atoms with Gasteiger partial charge in [-0.1, -0.05) is 0 Å². The number of hydrogen-bond acceptors (Lipinski definition) is 3. The summed E-state index contributed by atoms with van der Waals surface area (Å²) >= 11 is 0. The molecule has 0 aliphatic heterocycles. The predicted octanol–water partition coefficient (Wildman–Crippen LogP) is -0.531. The van der Waals surface area contributed by atoms with Crippen molar-refractivity contribution in [1.82, 2.24) is 14.3 Å². The predicted molar refractivity (Wildman–Crippen MR) is 44.9 cm³/mol. The average molecular weight is 189 g/mol. The van der Waals surface area contributed by atoms with E-state index in [1.807, 2.05) is 0 Å². The molecule has 0 spiro atoms. The van der Waals surface area contributed by atoms with Crippen LogP contribution in [0.4, 0.5) is 0 Å². The minimum absolute atomic E-state index is 0.0278. The molecule has 1 N–H and O–H groups in total. The number of nitrogens with zero attached hydrogens (tertiary/aromatic N) is 2. The molecule has 12 heavy (non-hydrogen) atoms. The molecule has 68 valence electrons. The van der Waals surface area contributed by atoms with Gasteiger partial charge in [0.2, 0.25) is 10.0 Å². The molecule has 0 aliphatic rings. The lowest BCUT2D eigenvalue weighted by atomic mass is 10.5. The van der Waals surface area contributed by atoms with Gasteiger partial charge in [0.25, 0.3) is 0 Å². The third-order valence-electron chi connectivity index (χ3n) is 1.57. The molecule has 0 aromatic carbocycles. The highest BCUT2D eigenvalue weighted by atomic mass is 32.2. The molecule has 0 aliphatic carbocycles. The zero-order valence-corrected chi connectivity index (χ0v) is 7.80. The van der Waals surface area contributed by atoms with Crippen LogP contribution >= 0.6 is 0 Å². The monoisotopic (exact) mass is 189 g/mol. The Morgan fingerprint density at radius 2 is 2.33 bits per heavy atom. The molecule has 1 heterocycles. The van der Waals surface area contributed by atoms with Gasteiger partial charge in [-0.2, -0.15) is 0 Å². The molecule has 0 saturated carbocycles. The van der Waals surface area contributed by atoms with Crippen LogP contribution in [0.3, 0.4) is 0 Å². The Kier molecular flexibility index (Phi) is 2.49. The number of hydrogen-bond donors (Lipinski definition) is 1. The summed E-state index contributed by atoms with van der Waals surface area (Å²) in [6.07, 6.45) is 3.11. The minimum atomic E-state index is -3.18. The van der Waals surface area contributed by atoms with E-state index in [-0.39, 0.29) is 5.75 Å². The Morgan fingerprint density at radius 3 is 2.75 bits per heavy atom. The van der Waals surface area contributed by atoms with Crippen LogP contribution in [0.2, 0.25) is 0 Å². The lowest BCUT2D eigenvalue weighted by Gasteiger charge is -2.01. The van der Waals surface area contributed by atoms with E-state index in [4.69, 9.17) is 0 Å². The largest absolute Gasteiger partial charge is 0.337 e. The third kappa shape index (κ3) is 2.05. The fourth-order valence-electron chi connectivity index (χ4n) is 0.791. The van der Waals surface area contributed by atoms with Crippen molar-refractivity contribution in [3.8, 4) is 0 Å². The first kappa shape index (κ1) is 9.21. The van der Waals surface area contributed by atoms with Crippen LogP contribution in [0.1, 0.15) is 5.69 Å². The maximum Gasteiger partial charge on any atom is 0.217 e. The van der Waals surface area contributed by atoms with E-state index in [1.54, 1.807) is 17.9 Å². The van der Waals surface area contributed by atoms with Crippen LogP contribution in [-0.4, -0.2) is 25.0 Å². The highest BCUT2D eigenvalue weighted by Gasteiger charge is 2.10. The lowest BCUT2D eigenvalue weighted by molar-refractivity contribution is 0.585. The molecule has 0 unspecified atom stereocenters. The molecule has 6 heteroatoms. The molecular formula is C6H11N3O2S. The van der Waals surface area contributed by atoms with E-state index in [1.165, 1.54) is 13.2 Å². The zero-order chi connectivity index (χ0) is 9.19. The van der Waals surface area contributed by atoms with Gasteiger partial charge in [-0.05, 0) is 7.05 Å². The van der Waals surface area contributed by atoms with Gasteiger partial charge in [0.05, 0.1) is 12.0 Å². The van der Waals surface area contributed by atoms with Gasteiger partial charge in [0.15, 0.2) is 0 Å². The number of rotatable bonds is 3. The van der Waals surface area contributed by atoms with Gasteiger partial charge in [-0.25, -0.2) is 18.1 Å². The Morgan fingerprint density at radius 1 is 1.67 bits per heavy atom. The summed E-state index contributed by atoms with van der Waals surface area (Å²) in [6.45, 7) is 0. The van der Waals surface area contributed by atoms with Crippen molar-refractivity contribution in [2.45, 2.75) is 5.75 Å². The van der Waals surface area contributed by atoms with Crippen LogP contribution in [0.5, 0.6) is 0 Å². The van der Waals surface area contributed by atoms with Crippen molar-refractivity contribution in [3.05, 3.63) is 18.2 Å². The molecular weight excluding hydrogens is 178 g/mol. The normalized spacial score (nSPS) is 11.8. The van der Waals surface area contributed by atoms with E-state index in [0.717, 1.165) is 0 Å².